The first-order valence-corrected chi connectivity index (χ1v) is 7.46. The van der Waals surface area contributed by atoms with Crippen molar-refractivity contribution in [1.29, 1.82) is 0 Å². The minimum Gasteiger partial charge on any atom is -0.493 e. The quantitative estimate of drug-likeness (QED) is 0.618. The van der Waals surface area contributed by atoms with E-state index in [4.69, 9.17) is 14.2 Å². The highest BCUT2D eigenvalue weighted by Crippen LogP contribution is 2.34. The summed E-state index contributed by atoms with van der Waals surface area (Å²) in [4.78, 5) is 14.6. The van der Waals surface area contributed by atoms with Crippen LogP contribution in [0.2, 0.25) is 0 Å². The number of methoxy groups -OCH3 is 2. The number of esters is 1. The normalized spacial score (nSPS) is 16.5. The highest BCUT2D eigenvalue weighted by molar-refractivity contribution is 6.17. The highest BCUT2D eigenvalue weighted by atomic mass is 16.5. The van der Waals surface area contributed by atoms with Crippen molar-refractivity contribution in [2.75, 3.05) is 34.4 Å². The van der Waals surface area contributed by atoms with E-state index in [1.54, 1.807) is 14.2 Å². The zero-order valence-electron chi connectivity index (χ0n) is 13.6. The summed E-state index contributed by atoms with van der Waals surface area (Å²) in [6.07, 6.45) is 1.92. The van der Waals surface area contributed by atoms with Crippen LogP contribution in [0.15, 0.2) is 23.9 Å². The molecule has 0 N–H and O–H groups in total. The molecule has 1 aromatic carbocycles. The number of ether oxygens (including phenoxy) is 3. The van der Waals surface area contributed by atoms with Gasteiger partial charge in [0.05, 0.1) is 26.4 Å². The lowest BCUT2D eigenvalue weighted by atomic mass is 10.0. The number of likely N-dealkylation sites (tertiary alicyclic amines) is 1. The van der Waals surface area contributed by atoms with E-state index in [2.05, 4.69) is 4.90 Å². The van der Waals surface area contributed by atoms with Crippen molar-refractivity contribution in [3.05, 3.63) is 29.5 Å². The average Bonchev–Trinajstić information content (AvgIpc) is 2.93. The molecular weight excluding hydrogens is 282 g/mol. The highest BCUT2D eigenvalue weighted by Gasteiger charge is 2.25. The van der Waals surface area contributed by atoms with Crippen LogP contribution in [0.25, 0.3) is 5.57 Å². The minimum absolute atomic E-state index is 0.293. The summed E-state index contributed by atoms with van der Waals surface area (Å²) in [5, 5.41) is 0. The van der Waals surface area contributed by atoms with Crippen LogP contribution in [-0.4, -0.2) is 45.3 Å². The van der Waals surface area contributed by atoms with Crippen molar-refractivity contribution in [3.63, 3.8) is 0 Å². The number of carbonyl (C=O) groups is 1. The Balaban J connectivity index is 2.52. The summed E-state index contributed by atoms with van der Waals surface area (Å²) in [7, 11) is 5.18. The van der Waals surface area contributed by atoms with Crippen LogP contribution in [0.3, 0.4) is 0 Å². The first-order valence-electron chi connectivity index (χ1n) is 7.46. The predicted molar refractivity (Wildman–Crippen MR) is 85.0 cm³/mol. The number of nitrogens with zero attached hydrogens (tertiary/aromatic N) is 1. The lowest BCUT2D eigenvalue weighted by Crippen LogP contribution is -2.17. The smallest absolute Gasteiger partial charge is 0.340 e. The standard InChI is InChI=1S/C17H23NO4/c1-5-22-17(19)16(13-7-6-10-18(13)2)12-8-9-14(20-3)15(11-12)21-4/h8-9,11H,5-7,10H2,1-4H3/b16-13-. The fraction of sp³-hybridized carbons (Fsp3) is 0.471. The molecule has 1 fully saturated rings. The topological polar surface area (TPSA) is 48.0 Å². The van der Waals surface area contributed by atoms with Crippen molar-refractivity contribution in [2.24, 2.45) is 0 Å². The van der Waals surface area contributed by atoms with E-state index in [-0.39, 0.29) is 5.97 Å². The zero-order chi connectivity index (χ0) is 16.1. The van der Waals surface area contributed by atoms with Crippen LogP contribution in [-0.2, 0) is 9.53 Å². The van der Waals surface area contributed by atoms with Gasteiger partial charge in [0, 0.05) is 19.3 Å². The number of benzene rings is 1. The van der Waals surface area contributed by atoms with Gasteiger partial charge in [0.2, 0.25) is 0 Å². The van der Waals surface area contributed by atoms with E-state index in [1.165, 1.54) is 0 Å². The second kappa shape index (κ2) is 7.20. The van der Waals surface area contributed by atoms with Gasteiger partial charge in [-0.1, -0.05) is 6.07 Å². The Morgan fingerprint density at radius 3 is 2.50 bits per heavy atom. The maximum Gasteiger partial charge on any atom is 0.340 e. The van der Waals surface area contributed by atoms with Crippen LogP contribution in [0.4, 0.5) is 0 Å². The Morgan fingerprint density at radius 2 is 1.95 bits per heavy atom. The molecule has 1 saturated heterocycles. The third-order valence-electron chi connectivity index (χ3n) is 3.81. The molecule has 0 atom stereocenters. The fourth-order valence-corrected chi connectivity index (χ4v) is 2.72. The Kier molecular flexibility index (Phi) is 5.31. The molecule has 0 spiro atoms. The van der Waals surface area contributed by atoms with Crippen molar-refractivity contribution in [2.45, 2.75) is 19.8 Å². The predicted octanol–water partition coefficient (Wildman–Crippen LogP) is 2.70. The number of hydrogen-bond acceptors (Lipinski definition) is 5. The largest absolute Gasteiger partial charge is 0.493 e. The maximum absolute atomic E-state index is 12.5. The van der Waals surface area contributed by atoms with E-state index >= 15 is 0 Å². The molecule has 120 valence electrons. The second-order valence-corrected chi connectivity index (χ2v) is 5.14. The Labute approximate surface area is 131 Å². The lowest BCUT2D eigenvalue weighted by Gasteiger charge is -2.19. The van der Waals surface area contributed by atoms with Crippen molar-refractivity contribution >= 4 is 11.5 Å². The second-order valence-electron chi connectivity index (χ2n) is 5.14. The Morgan fingerprint density at radius 1 is 1.23 bits per heavy atom. The summed E-state index contributed by atoms with van der Waals surface area (Å²) in [5.74, 6) is 0.945. The third kappa shape index (κ3) is 3.18. The molecule has 0 unspecified atom stereocenters. The van der Waals surface area contributed by atoms with E-state index in [9.17, 15) is 4.79 Å². The Bertz CT molecular complexity index is 580. The molecule has 1 heterocycles. The van der Waals surface area contributed by atoms with E-state index in [0.29, 0.717) is 23.7 Å². The summed E-state index contributed by atoms with van der Waals surface area (Å²) >= 11 is 0. The number of allylic oxidation sites excluding steroid dienone is 1. The summed E-state index contributed by atoms with van der Waals surface area (Å²) in [5.41, 5.74) is 2.42. The molecule has 1 aromatic rings. The molecule has 5 heteroatoms. The van der Waals surface area contributed by atoms with Gasteiger partial charge in [0.25, 0.3) is 0 Å². The molecule has 0 bridgehead atoms. The molecule has 0 saturated carbocycles. The minimum atomic E-state index is -0.293. The van der Waals surface area contributed by atoms with Gasteiger partial charge in [-0.05, 0) is 37.5 Å². The van der Waals surface area contributed by atoms with Crippen molar-refractivity contribution in [3.8, 4) is 11.5 Å². The number of rotatable bonds is 5. The van der Waals surface area contributed by atoms with Gasteiger partial charge >= 0.3 is 5.97 Å². The van der Waals surface area contributed by atoms with Gasteiger partial charge in [0.15, 0.2) is 11.5 Å². The molecule has 5 nitrogen and oxygen atoms in total. The van der Waals surface area contributed by atoms with Gasteiger partial charge in [-0.3, -0.25) is 0 Å². The first-order chi connectivity index (χ1) is 10.6. The molecule has 22 heavy (non-hydrogen) atoms. The summed E-state index contributed by atoms with van der Waals surface area (Å²) in [6.45, 7) is 3.12. The fourth-order valence-electron chi connectivity index (χ4n) is 2.72. The van der Waals surface area contributed by atoms with Gasteiger partial charge in [0.1, 0.15) is 0 Å². The zero-order valence-corrected chi connectivity index (χ0v) is 13.6. The molecule has 0 amide bonds. The molecule has 1 aliphatic heterocycles. The average molecular weight is 305 g/mol. The van der Waals surface area contributed by atoms with E-state index < -0.39 is 0 Å². The van der Waals surface area contributed by atoms with Crippen LogP contribution in [0.1, 0.15) is 25.3 Å². The van der Waals surface area contributed by atoms with Crippen LogP contribution in [0, 0.1) is 0 Å². The third-order valence-corrected chi connectivity index (χ3v) is 3.81. The molecule has 1 aliphatic rings. The molecule has 0 aromatic heterocycles. The van der Waals surface area contributed by atoms with E-state index in [0.717, 1.165) is 30.6 Å². The van der Waals surface area contributed by atoms with Crippen molar-refractivity contribution in [1.82, 2.24) is 4.90 Å². The van der Waals surface area contributed by atoms with Gasteiger partial charge < -0.3 is 19.1 Å². The van der Waals surface area contributed by atoms with Gasteiger partial charge in [-0.15, -0.1) is 0 Å². The first kappa shape index (κ1) is 16.2. The molecule has 2 rings (SSSR count). The lowest BCUT2D eigenvalue weighted by molar-refractivity contribution is -0.136. The number of hydrogen-bond donors (Lipinski definition) is 0. The SMILES string of the molecule is CCOC(=O)/C(=C1/CCCN1C)c1ccc(OC)c(OC)c1. The molecule has 0 aliphatic carbocycles. The van der Waals surface area contributed by atoms with Gasteiger partial charge in [-0.2, -0.15) is 0 Å². The van der Waals surface area contributed by atoms with E-state index in [1.807, 2.05) is 32.2 Å². The van der Waals surface area contributed by atoms with Gasteiger partial charge in [-0.25, -0.2) is 4.79 Å². The molecular formula is C17H23NO4. The summed E-state index contributed by atoms with van der Waals surface area (Å²) < 4.78 is 15.9. The summed E-state index contributed by atoms with van der Waals surface area (Å²) in [6, 6.07) is 5.50. The van der Waals surface area contributed by atoms with Crippen molar-refractivity contribution < 1.29 is 19.0 Å². The molecule has 0 radical (unpaired) electrons. The monoisotopic (exact) mass is 305 g/mol. The number of carbonyl (C=O) groups excluding carboxylic acids is 1. The van der Waals surface area contributed by atoms with Crippen LogP contribution >= 0.6 is 0 Å². The Hall–Kier alpha value is -2.17. The maximum atomic E-state index is 12.5. The van der Waals surface area contributed by atoms with Crippen LogP contribution in [0.5, 0.6) is 11.5 Å². The van der Waals surface area contributed by atoms with Crippen LogP contribution < -0.4 is 9.47 Å².